The number of hydrogen-bond donors (Lipinski definition) is 0. The molecule has 2 heteroatoms. The summed E-state index contributed by atoms with van der Waals surface area (Å²) in [6.45, 7) is 13.1. The van der Waals surface area contributed by atoms with Crippen LogP contribution >= 0.6 is 0 Å². The minimum Gasteiger partial charge on any atom is -0.306 e. The highest BCUT2D eigenvalue weighted by Crippen LogP contribution is 2.40. The summed E-state index contributed by atoms with van der Waals surface area (Å²) >= 11 is 0. The molecule has 0 amide bonds. The molecule has 0 atom stereocenters. The second-order valence-corrected chi connectivity index (χ2v) is 5.94. The molecular formula is C15H32N2. The summed E-state index contributed by atoms with van der Waals surface area (Å²) in [7, 11) is 2.26. The highest BCUT2D eigenvalue weighted by Gasteiger charge is 2.36. The quantitative estimate of drug-likeness (QED) is 0.694. The van der Waals surface area contributed by atoms with Crippen LogP contribution in [0.15, 0.2) is 0 Å². The molecule has 2 aliphatic rings. The zero-order valence-corrected chi connectivity index (χ0v) is 12.5. The first kappa shape index (κ1) is 15.0. The van der Waals surface area contributed by atoms with E-state index in [1.165, 1.54) is 64.8 Å². The molecule has 0 saturated carbocycles. The van der Waals surface area contributed by atoms with Gasteiger partial charge >= 0.3 is 0 Å². The van der Waals surface area contributed by atoms with Gasteiger partial charge in [-0.2, -0.15) is 0 Å². The molecule has 0 aromatic heterocycles. The lowest BCUT2D eigenvalue weighted by Gasteiger charge is -2.46. The first-order valence-corrected chi connectivity index (χ1v) is 7.56. The van der Waals surface area contributed by atoms with Gasteiger partial charge in [0.05, 0.1) is 0 Å². The van der Waals surface area contributed by atoms with Crippen molar-refractivity contribution in [3.63, 3.8) is 0 Å². The van der Waals surface area contributed by atoms with Crippen molar-refractivity contribution in [2.24, 2.45) is 5.41 Å². The predicted octanol–water partition coefficient (Wildman–Crippen LogP) is 3.23. The van der Waals surface area contributed by atoms with Crippen molar-refractivity contribution in [2.75, 3.05) is 39.8 Å². The maximum atomic E-state index is 2.60. The smallest absolute Gasteiger partial charge is 0.00135 e. The molecule has 0 aromatic rings. The molecule has 2 rings (SSSR count). The molecule has 0 N–H and O–H groups in total. The maximum absolute atomic E-state index is 2.60. The van der Waals surface area contributed by atoms with Crippen LogP contribution in [0.5, 0.6) is 0 Å². The van der Waals surface area contributed by atoms with E-state index in [9.17, 15) is 0 Å². The lowest BCUT2D eigenvalue weighted by Crippen LogP contribution is -2.45. The third kappa shape index (κ3) is 4.59. The Bertz CT molecular complexity index is 185. The van der Waals surface area contributed by atoms with Crippen LogP contribution in [-0.4, -0.2) is 49.6 Å². The van der Waals surface area contributed by atoms with E-state index < -0.39 is 0 Å². The Morgan fingerprint density at radius 2 is 1.24 bits per heavy atom. The van der Waals surface area contributed by atoms with E-state index in [0.717, 1.165) is 5.41 Å². The fraction of sp³-hybridized carbons (Fsp3) is 1.00. The first-order valence-electron chi connectivity index (χ1n) is 7.56. The molecule has 17 heavy (non-hydrogen) atoms. The SMILES string of the molecule is CCC.CCN1CCC2(CCN(C)CC2)CC1. The lowest BCUT2D eigenvalue weighted by atomic mass is 9.71. The zero-order chi connectivity index (χ0) is 12.7. The molecule has 2 heterocycles. The van der Waals surface area contributed by atoms with Crippen molar-refractivity contribution < 1.29 is 0 Å². The van der Waals surface area contributed by atoms with Crippen molar-refractivity contribution in [2.45, 2.75) is 52.9 Å². The van der Waals surface area contributed by atoms with Crippen molar-refractivity contribution in [3.05, 3.63) is 0 Å². The molecule has 2 aliphatic heterocycles. The Kier molecular flexibility index (Phi) is 6.50. The first-order chi connectivity index (χ1) is 8.15. The van der Waals surface area contributed by atoms with Crippen molar-refractivity contribution >= 4 is 0 Å². The molecule has 2 fully saturated rings. The van der Waals surface area contributed by atoms with Crippen LogP contribution < -0.4 is 0 Å². The Morgan fingerprint density at radius 1 is 0.824 bits per heavy atom. The van der Waals surface area contributed by atoms with Gasteiger partial charge in [0.25, 0.3) is 0 Å². The van der Waals surface area contributed by atoms with Gasteiger partial charge in [-0.1, -0.05) is 27.2 Å². The second kappa shape index (κ2) is 7.38. The molecule has 0 radical (unpaired) electrons. The lowest BCUT2D eigenvalue weighted by molar-refractivity contribution is 0.0448. The van der Waals surface area contributed by atoms with Crippen LogP contribution in [0, 0.1) is 5.41 Å². The van der Waals surface area contributed by atoms with Gasteiger partial charge in [0.15, 0.2) is 0 Å². The minimum atomic E-state index is 0.734. The van der Waals surface area contributed by atoms with Crippen LogP contribution in [0.4, 0.5) is 0 Å². The van der Waals surface area contributed by atoms with Gasteiger partial charge in [-0.05, 0) is 70.9 Å². The third-order valence-electron chi connectivity index (χ3n) is 4.41. The summed E-state index contributed by atoms with van der Waals surface area (Å²) in [6, 6.07) is 0. The Balaban J connectivity index is 0.000000437. The standard InChI is InChI=1S/C12H24N2.C3H8/c1-3-14-10-6-12(7-11-14)4-8-13(2)9-5-12;1-3-2/h3-11H2,1-2H3;3H2,1-2H3. The Morgan fingerprint density at radius 3 is 1.65 bits per heavy atom. The van der Waals surface area contributed by atoms with Crippen LogP contribution in [-0.2, 0) is 0 Å². The van der Waals surface area contributed by atoms with E-state index in [1.807, 2.05) is 0 Å². The van der Waals surface area contributed by atoms with Crippen LogP contribution in [0.1, 0.15) is 52.9 Å². The van der Waals surface area contributed by atoms with Gasteiger partial charge in [0, 0.05) is 0 Å². The zero-order valence-electron chi connectivity index (χ0n) is 12.5. The molecule has 0 aliphatic carbocycles. The molecule has 102 valence electrons. The van der Waals surface area contributed by atoms with E-state index in [1.54, 1.807) is 0 Å². The monoisotopic (exact) mass is 240 g/mol. The third-order valence-corrected chi connectivity index (χ3v) is 4.41. The predicted molar refractivity (Wildman–Crippen MR) is 76.5 cm³/mol. The highest BCUT2D eigenvalue weighted by molar-refractivity contribution is 4.89. The van der Waals surface area contributed by atoms with E-state index in [0.29, 0.717) is 0 Å². The second-order valence-electron chi connectivity index (χ2n) is 5.94. The van der Waals surface area contributed by atoms with Crippen molar-refractivity contribution in [1.82, 2.24) is 9.80 Å². The van der Waals surface area contributed by atoms with Crippen LogP contribution in [0.2, 0.25) is 0 Å². The van der Waals surface area contributed by atoms with E-state index in [-0.39, 0.29) is 0 Å². The molecule has 2 saturated heterocycles. The van der Waals surface area contributed by atoms with E-state index in [2.05, 4.69) is 37.6 Å². The number of hydrogen-bond acceptors (Lipinski definition) is 2. The molecule has 0 unspecified atom stereocenters. The molecule has 0 bridgehead atoms. The van der Waals surface area contributed by atoms with Gasteiger partial charge in [-0.15, -0.1) is 0 Å². The summed E-state index contributed by atoms with van der Waals surface area (Å²) < 4.78 is 0. The van der Waals surface area contributed by atoms with Gasteiger partial charge in [0.2, 0.25) is 0 Å². The molecule has 1 spiro atoms. The summed E-state index contributed by atoms with van der Waals surface area (Å²) in [4.78, 5) is 5.08. The Labute approximate surface area is 108 Å². The molecular weight excluding hydrogens is 208 g/mol. The molecule has 2 nitrogen and oxygen atoms in total. The van der Waals surface area contributed by atoms with Gasteiger partial charge in [-0.25, -0.2) is 0 Å². The normalized spacial score (nSPS) is 25.4. The van der Waals surface area contributed by atoms with E-state index in [4.69, 9.17) is 0 Å². The Hall–Kier alpha value is -0.0800. The summed E-state index contributed by atoms with van der Waals surface area (Å²) in [5, 5.41) is 0. The number of nitrogens with zero attached hydrogens (tertiary/aromatic N) is 2. The highest BCUT2D eigenvalue weighted by atomic mass is 15.1. The maximum Gasteiger partial charge on any atom is -0.00135 e. The van der Waals surface area contributed by atoms with Gasteiger partial charge < -0.3 is 9.80 Å². The van der Waals surface area contributed by atoms with Crippen LogP contribution in [0.3, 0.4) is 0 Å². The summed E-state index contributed by atoms with van der Waals surface area (Å²) in [6.07, 6.45) is 7.05. The van der Waals surface area contributed by atoms with E-state index >= 15 is 0 Å². The van der Waals surface area contributed by atoms with Crippen molar-refractivity contribution in [1.29, 1.82) is 0 Å². The summed E-state index contributed by atoms with van der Waals surface area (Å²) in [5.74, 6) is 0. The van der Waals surface area contributed by atoms with Crippen LogP contribution in [0.25, 0.3) is 0 Å². The fourth-order valence-corrected chi connectivity index (χ4v) is 2.94. The molecule has 0 aromatic carbocycles. The largest absolute Gasteiger partial charge is 0.306 e. The number of piperidine rings is 2. The fourth-order valence-electron chi connectivity index (χ4n) is 2.94. The number of likely N-dealkylation sites (tertiary alicyclic amines) is 2. The average molecular weight is 240 g/mol. The van der Waals surface area contributed by atoms with Gasteiger partial charge in [0.1, 0.15) is 0 Å². The summed E-state index contributed by atoms with van der Waals surface area (Å²) in [5.41, 5.74) is 0.734. The van der Waals surface area contributed by atoms with Crippen molar-refractivity contribution in [3.8, 4) is 0 Å². The topological polar surface area (TPSA) is 6.48 Å². The average Bonchev–Trinajstić information content (AvgIpc) is 2.35. The minimum absolute atomic E-state index is 0.734. The van der Waals surface area contributed by atoms with Gasteiger partial charge in [-0.3, -0.25) is 0 Å². The number of rotatable bonds is 1.